The van der Waals surface area contributed by atoms with Crippen molar-refractivity contribution in [3.63, 3.8) is 0 Å². The molecule has 1 amide bonds. The number of nitrogens with zero attached hydrogens (tertiary/aromatic N) is 2. The van der Waals surface area contributed by atoms with E-state index in [-0.39, 0.29) is 12.7 Å². The van der Waals surface area contributed by atoms with Gasteiger partial charge in [0, 0.05) is 25.7 Å². The van der Waals surface area contributed by atoms with Gasteiger partial charge in [0.2, 0.25) is 18.4 Å². The maximum Gasteiger partial charge on any atom is 0.236 e. The van der Waals surface area contributed by atoms with E-state index in [1.807, 2.05) is 24.0 Å². The number of unbranched alkanes of at least 4 members (excludes halogenated alkanes) is 1. The number of ether oxygens (including phenoxy) is 3. The largest absolute Gasteiger partial charge is 0.493 e. The second kappa shape index (κ2) is 16.6. The predicted molar refractivity (Wildman–Crippen MR) is 154 cm³/mol. The second-order valence-corrected chi connectivity index (χ2v) is 9.62. The first-order valence-electron chi connectivity index (χ1n) is 13.5. The number of aryl methyl sites for hydroxylation is 2. The molecule has 1 atom stereocenters. The molecule has 0 spiro atoms. The molecule has 0 radical (unpaired) electrons. The lowest BCUT2D eigenvalue weighted by atomic mass is 10.00. The maximum atomic E-state index is 12.7. The summed E-state index contributed by atoms with van der Waals surface area (Å²) >= 11 is 0. The Hall–Kier alpha value is -3.21. The van der Waals surface area contributed by atoms with Crippen molar-refractivity contribution >= 4 is 5.91 Å². The number of amides is 1. The van der Waals surface area contributed by atoms with Gasteiger partial charge in [-0.15, -0.1) is 12.8 Å². The third-order valence-electron chi connectivity index (χ3n) is 6.89. The number of hydrogen-bond acceptors (Lipinski definition) is 6. The van der Waals surface area contributed by atoms with E-state index in [1.165, 1.54) is 24.0 Å². The third kappa shape index (κ3) is 8.97. The Bertz CT molecular complexity index is 1020. The van der Waals surface area contributed by atoms with Crippen molar-refractivity contribution in [1.29, 1.82) is 0 Å². The molecular weight excluding hydrogens is 478 g/mol. The average Bonchev–Trinajstić information content (AvgIpc) is 3.58. The number of rotatable bonds is 10. The van der Waals surface area contributed by atoms with Gasteiger partial charge in [0.15, 0.2) is 11.5 Å². The van der Waals surface area contributed by atoms with E-state index < -0.39 is 0 Å². The van der Waals surface area contributed by atoms with Crippen LogP contribution >= 0.6 is 0 Å². The van der Waals surface area contributed by atoms with Crippen molar-refractivity contribution in [2.75, 3.05) is 46.6 Å². The fourth-order valence-electron chi connectivity index (χ4n) is 4.83. The van der Waals surface area contributed by atoms with Gasteiger partial charge in [0.1, 0.15) is 0 Å². The Balaban J connectivity index is 0.000000301. The molecule has 2 aliphatic rings. The fraction of sp³-hybridized carbons (Fsp3) is 0.516. The minimum Gasteiger partial charge on any atom is -0.493 e. The first-order valence-corrected chi connectivity index (χ1v) is 13.5. The van der Waals surface area contributed by atoms with Crippen LogP contribution in [-0.4, -0.2) is 68.4 Å². The van der Waals surface area contributed by atoms with Crippen molar-refractivity contribution in [1.82, 2.24) is 9.80 Å². The van der Waals surface area contributed by atoms with Crippen LogP contribution in [0.2, 0.25) is 0 Å². The third-order valence-corrected chi connectivity index (χ3v) is 6.89. The highest BCUT2D eigenvalue weighted by atomic mass is 16.7. The summed E-state index contributed by atoms with van der Waals surface area (Å²) < 4.78 is 15.6. The highest BCUT2D eigenvalue weighted by Crippen LogP contribution is 2.41. The molecule has 2 N–H and O–H groups in total. The van der Waals surface area contributed by atoms with Crippen LogP contribution < -0.4 is 19.9 Å². The lowest BCUT2D eigenvalue weighted by Gasteiger charge is -2.28. The lowest BCUT2D eigenvalue weighted by molar-refractivity contribution is -0.132. The van der Waals surface area contributed by atoms with Crippen LogP contribution in [0.3, 0.4) is 0 Å². The molecule has 4 rings (SSSR count). The summed E-state index contributed by atoms with van der Waals surface area (Å²) in [6, 6.07) is 12.9. The summed E-state index contributed by atoms with van der Waals surface area (Å²) in [4.78, 5) is 17.0. The average molecular weight is 524 g/mol. The van der Waals surface area contributed by atoms with E-state index in [4.69, 9.17) is 19.9 Å². The standard InChI is InChI=1S/C20H33N3O.C9H10O3.C2H2/c1-3-4-12-22(14-11-21)20(24)16-23-13-7-10-19(23)15-18-9-6-5-8-17(18)2;1-6-3-7(10-2)9-8(4-6)11-5-12-9;1-2/h5-6,8-9,19H,3-4,7,10-16,21H2,1-2H3;3-4H,5H2,1-2H3;1-2H. The smallest absolute Gasteiger partial charge is 0.236 e. The predicted octanol–water partition coefficient (Wildman–Crippen LogP) is 4.57. The number of benzene rings is 2. The Morgan fingerprint density at radius 2 is 1.95 bits per heavy atom. The SMILES string of the molecule is C#C.CCCCN(CCN)C(=O)CN1CCCC1Cc1ccccc1C.COc1cc(C)cc2c1OCO2. The van der Waals surface area contributed by atoms with E-state index in [0.29, 0.717) is 31.4 Å². The minimum absolute atomic E-state index is 0.241. The number of hydrogen-bond donors (Lipinski definition) is 1. The van der Waals surface area contributed by atoms with Crippen LogP contribution in [0.5, 0.6) is 17.2 Å². The summed E-state index contributed by atoms with van der Waals surface area (Å²) in [6.45, 7) is 10.2. The van der Waals surface area contributed by atoms with E-state index in [9.17, 15) is 4.79 Å². The number of likely N-dealkylation sites (tertiary alicyclic amines) is 1. The van der Waals surface area contributed by atoms with Gasteiger partial charge < -0.3 is 24.8 Å². The van der Waals surface area contributed by atoms with Crippen LogP contribution in [0.25, 0.3) is 0 Å². The lowest BCUT2D eigenvalue weighted by Crippen LogP contribution is -2.44. The number of terminal acetylenes is 1. The van der Waals surface area contributed by atoms with Gasteiger partial charge in [-0.1, -0.05) is 37.6 Å². The van der Waals surface area contributed by atoms with Gasteiger partial charge in [-0.2, -0.15) is 0 Å². The second-order valence-electron chi connectivity index (χ2n) is 9.62. The Morgan fingerprint density at radius 1 is 1.18 bits per heavy atom. The first kappa shape index (κ1) is 31.0. The zero-order chi connectivity index (χ0) is 27.9. The van der Waals surface area contributed by atoms with Crippen molar-refractivity contribution in [2.24, 2.45) is 5.73 Å². The minimum atomic E-state index is 0.241. The molecule has 0 saturated carbocycles. The molecule has 2 aliphatic heterocycles. The fourth-order valence-corrected chi connectivity index (χ4v) is 4.83. The topological polar surface area (TPSA) is 77.3 Å². The highest BCUT2D eigenvalue weighted by molar-refractivity contribution is 5.78. The van der Waals surface area contributed by atoms with Crippen LogP contribution in [-0.2, 0) is 11.2 Å². The molecule has 1 unspecified atom stereocenters. The van der Waals surface area contributed by atoms with E-state index >= 15 is 0 Å². The van der Waals surface area contributed by atoms with Crippen LogP contribution in [0, 0.1) is 26.7 Å². The summed E-state index contributed by atoms with van der Waals surface area (Å²) in [5.74, 6) is 2.46. The van der Waals surface area contributed by atoms with E-state index in [1.54, 1.807) is 7.11 Å². The summed E-state index contributed by atoms with van der Waals surface area (Å²) in [5.41, 5.74) is 9.55. The molecule has 208 valence electrons. The normalized spacial score (nSPS) is 15.6. The summed E-state index contributed by atoms with van der Waals surface area (Å²) in [5, 5.41) is 0. The van der Waals surface area contributed by atoms with Gasteiger partial charge in [0.05, 0.1) is 13.7 Å². The number of fused-ring (bicyclic) bond motifs is 1. The molecule has 2 aromatic rings. The van der Waals surface area contributed by atoms with Crippen molar-refractivity contribution < 1.29 is 19.0 Å². The molecule has 0 aromatic heterocycles. The Labute approximate surface area is 229 Å². The van der Waals surface area contributed by atoms with Gasteiger partial charge in [-0.05, 0) is 74.9 Å². The Kier molecular flexibility index (Phi) is 13.5. The number of carbonyl (C=O) groups excluding carboxylic acids is 1. The van der Waals surface area contributed by atoms with Crippen molar-refractivity contribution in [3.8, 4) is 30.1 Å². The molecule has 7 heteroatoms. The van der Waals surface area contributed by atoms with Crippen LogP contribution in [0.15, 0.2) is 36.4 Å². The van der Waals surface area contributed by atoms with Gasteiger partial charge in [0.25, 0.3) is 0 Å². The summed E-state index contributed by atoms with van der Waals surface area (Å²) in [7, 11) is 1.62. The Morgan fingerprint density at radius 3 is 2.63 bits per heavy atom. The molecule has 0 bridgehead atoms. The monoisotopic (exact) mass is 523 g/mol. The zero-order valence-corrected chi connectivity index (χ0v) is 23.6. The molecule has 2 aromatic carbocycles. The number of carbonyl (C=O) groups is 1. The number of methoxy groups -OCH3 is 1. The van der Waals surface area contributed by atoms with Gasteiger partial charge in [-0.3, -0.25) is 9.69 Å². The molecular formula is C31H45N3O4. The van der Waals surface area contributed by atoms with Crippen LogP contribution in [0.1, 0.15) is 49.3 Å². The van der Waals surface area contributed by atoms with Crippen molar-refractivity contribution in [3.05, 3.63) is 53.1 Å². The molecule has 1 fully saturated rings. The van der Waals surface area contributed by atoms with Gasteiger partial charge >= 0.3 is 0 Å². The quantitative estimate of drug-likeness (QED) is 0.460. The molecule has 7 nitrogen and oxygen atoms in total. The molecule has 0 aliphatic carbocycles. The summed E-state index contributed by atoms with van der Waals surface area (Å²) in [6.07, 6.45) is 13.6. The number of nitrogens with two attached hydrogens (primary N) is 1. The maximum absolute atomic E-state index is 12.7. The van der Waals surface area contributed by atoms with Crippen molar-refractivity contribution in [2.45, 2.75) is 58.9 Å². The molecule has 38 heavy (non-hydrogen) atoms. The van der Waals surface area contributed by atoms with Crippen LogP contribution in [0.4, 0.5) is 0 Å². The molecule has 1 saturated heterocycles. The van der Waals surface area contributed by atoms with E-state index in [2.05, 4.69) is 55.9 Å². The zero-order valence-electron chi connectivity index (χ0n) is 23.6. The first-order chi connectivity index (χ1) is 18.5. The van der Waals surface area contributed by atoms with Gasteiger partial charge in [-0.25, -0.2) is 0 Å². The highest BCUT2D eigenvalue weighted by Gasteiger charge is 2.28. The molecule has 2 heterocycles. The van der Waals surface area contributed by atoms with E-state index in [0.717, 1.165) is 49.4 Å².